The smallest absolute Gasteiger partial charge is 0.258 e. The maximum atomic E-state index is 12.9. The second-order valence-electron chi connectivity index (χ2n) is 6.86. The molecule has 1 aliphatic rings. The van der Waals surface area contributed by atoms with Crippen molar-refractivity contribution in [2.75, 3.05) is 20.6 Å². The molecule has 0 radical (unpaired) electrons. The van der Waals surface area contributed by atoms with Gasteiger partial charge in [-0.25, -0.2) is 9.50 Å². The van der Waals surface area contributed by atoms with Gasteiger partial charge in [0.1, 0.15) is 5.56 Å². The molecule has 7 nitrogen and oxygen atoms in total. The van der Waals surface area contributed by atoms with Crippen molar-refractivity contribution in [2.45, 2.75) is 25.3 Å². The highest BCUT2D eigenvalue weighted by molar-refractivity contribution is 7.10. The summed E-state index contributed by atoms with van der Waals surface area (Å²) in [5.74, 6) is -0.00615. The van der Waals surface area contributed by atoms with Gasteiger partial charge in [0, 0.05) is 31.7 Å². The fourth-order valence-electron chi connectivity index (χ4n) is 3.59. The SMILES string of the molecule is CN(C)C(=O)c1cnn2c([C@H]3CCCN3C(=O)Cc3cccs3)ccnc12. The molecule has 2 amide bonds. The average molecular weight is 383 g/mol. The second kappa shape index (κ2) is 7.11. The van der Waals surface area contributed by atoms with E-state index in [2.05, 4.69) is 10.1 Å². The van der Waals surface area contributed by atoms with Crippen LogP contribution in [0.15, 0.2) is 36.0 Å². The van der Waals surface area contributed by atoms with Crippen molar-refractivity contribution in [3.8, 4) is 0 Å². The molecule has 0 unspecified atom stereocenters. The number of nitrogens with zero attached hydrogens (tertiary/aromatic N) is 5. The van der Waals surface area contributed by atoms with Crippen molar-refractivity contribution in [2.24, 2.45) is 0 Å². The molecule has 3 aromatic heterocycles. The number of amides is 2. The van der Waals surface area contributed by atoms with Crippen molar-refractivity contribution < 1.29 is 9.59 Å². The standard InChI is InChI=1S/C19H21N5O2S/c1-22(2)19(26)14-12-21-24-16(7-8-20-18(14)24)15-6-3-9-23(15)17(25)11-13-5-4-10-27-13/h4-5,7-8,10,12,15H,3,6,9,11H2,1-2H3/t15-/m1/s1. The molecule has 0 spiro atoms. The molecule has 1 atom stereocenters. The van der Waals surface area contributed by atoms with Crippen molar-refractivity contribution in [1.82, 2.24) is 24.4 Å². The summed E-state index contributed by atoms with van der Waals surface area (Å²) < 4.78 is 1.71. The molecule has 4 rings (SSSR count). The highest BCUT2D eigenvalue weighted by atomic mass is 32.1. The Balaban J connectivity index is 1.67. The van der Waals surface area contributed by atoms with Gasteiger partial charge in [-0.05, 0) is 30.4 Å². The predicted octanol–water partition coefficient (Wildman–Crippen LogP) is 2.40. The summed E-state index contributed by atoms with van der Waals surface area (Å²) in [6.07, 6.45) is 5.51. The van der Waals surface area contributed by atoms with Crippen LogP contribution in [0.4, 0.5) is 0 Å². The minimum absolute atomic E-state index is 0.0508. The molecule has 0 aromatic carbocycles. The van der Waals surface area contributed by atoms with Gasteiger partial charge in [-0.3, -0.25) is 9.59 Å². The number of fused-ring (bicyclic) bond motifs is 1. The van der Waals surface area contributed by atoms with Gasteiger partial charge in [0.2, 0.25) is 5.91 Å². The first kappa shape index (κ1) is 17.7. The first-order valence-electron chi connectivity index (χ1n) is 8.92. The van der Waals surface area contributed by atoms with Gasteiger partial charge in [0.05, 0.1) is 24.4 Å². The zero-order valence-electron chi connectivity index (χ0n) is 15.3. The van der Waals surface area contributed by atoms with Gasteiger partial charge in [-0.2, -0.15) is 5.10 Å². The topological polar surface area (TPSA) is 70.8 Å². The Morgan fingerprint density at radius 3 is 2.93 bits per heavy atom. The molecule has 140 valence electrons. The Morgan fingerprint density at radius 2 is 2.19 bits per heavy atom. The summed E-state index contributed by atoms with van der Waals surface area (Å²) in [6, 6.07) is 5.80. The largest absolute Gasteiger partial charge is 0.345 e. The van der Waals surface area contributed by atoms with Gasteiger partial charge >= 0.3 is 0 Å². The maximum absolute atomic E-state index is 12.9. The van der Waals surface area contributed by atoms with E-state index in [1.807, 2.05) is 28.5 Å². The van der Waals surface area contributed by atoms with Crippen molar-refractivity contribution in [3.63, 3.8) is 0 Å². The molecule has 0 bridgehead atoms. The van der Waals surface area contributed by atoms with Crippen LogP contribution >= 0.6 is 11.3 Å². The van der Waals surface area contributed by atoms with Gasteiger partial charge in [-0.15, -0.1) is 11.3 Å². The number of thiophene rings is 1. The molecule has 1 aliphatic heterocycles. The highest BCUT2D eigenvalue weighted by Gasteiger charge is 2.32. The van der Waals surface area contributed by atoms with E-state index in [0.717, 1.165) is 30.0 Å². The van der Waals surface area contributed by atoms with Gasteiger partial charge in [0.25, 0.3) is 5.91 Å². The lowest BCUT2D eigenvalue weighted by Gasteiger charge is -2.25. The third kappa shape index (κ3) is 3.21. The highest BCUT2D eigenvalue weighted by Crippen LogP contribution is 2.33. The maximum Gasteiger partial charge on any atom is 0.258 e. The third-order valence-corrected chi connectivity index (χ3v) is 5.76. The number of aromatic nitrogens is 3. The van der Waals surface area contributed by atoms with Crippen LogP contribution in [0.25, 0.3) is 5.65 Å². The van der Waals surface area contributed by atoms with Gasteiger partial charge in [-0.1, -0.05) is 6.07 Å². The van der Waals surface area contributed by atoms with Crippen LogP contribution in [-0.4, -0.2) is 56.9 Å². The van der Waals surface area contributed by atoms with Crippen LogP contribution in [0.2, 0.25) is 0 Å². The lowest BCUT2D eigenvalue weighted by molar-refractivity contribution is -0.131. The Hall–Kier alpha value is -2.74. The summed E-state index contributed by atoms with van der Waals surface area (Å²) in [6.45, 7) is 0.740. The van der Waals surface area contributed by atoms with Crippen molar-refractivity contribution >= 4 is 28.8 Å². The van der Waals surface area contributed by atoms with Crippen LogP contribution in [0, 0.1) is 0 Å². The Bertz CT molecular complexity index is 979. The van der Waals surface area contributed by atoms with Crippen LogP contribution in [0.3, 0.4) is 0 Å². The number of carbonyl (C=O) groups excluding carboxylic acids is 2. The van der Waals surface area contributed by atoms with Crippen molar-refractivity contribution in [1.29, 1.82) is 0 Å². The fourth-order valence-corrected chi connectivity index (χ4v) is 4.29. The molecular weight excluding hydrogens is 362 g/mol. The minimum atomic E-state index is -0.133. The Labute approximate surface area is 161 Å². The minimum Gasteiger partial charge on any atom is -0.345 e. The van der Waals surface area contributed by atoms with Crippen LogP contribution in [0.1, 0.15) is 39.8 Å². The third-order valence-electron chi connectivity index (χ3n) is 4.89. The number of carbonyl (C=O) groups is 2. The van der Waals surface area contributed by atoms with E-state index in [-0.39, 0.29) is 17.9 Å². The van der Waals surface area contributed by atoms with Crippen LogP contribution in [-0.2, 0) is 11.2 Å². The van der Waals surface area contributed by atoms with E-state index >= 15 is 0 Å². The van der Waals surface area contributed by atoms with E-state index in [4.69, 9.17) is 0 Å². The monoisotopic (exact) mass is 383 g/mol. The quantitative estimate of drug-likeness (QED) is 0.694. The van der Waals surface area contributed by atoms with E-state index in [0.29, 0.717) is 17.6 Å². The molecule has 8 heteroatoms. The second-order valence-corrected chi connectivity index (χ2v) is 7.90. The van der Waals surface area contributed by atoms with Crippen LogP contribution in [0.5, 0.6) is 0 Å². The molecule has 1 fully saturated rings. The lowest BCUT2D eigenvalue weighted by atomic mass is 10.1. The summed E-state index contributed by atoms with van der Waals surface area (Å²) >= 11 is 1.60. The van der Waals surface area contributed by atoms with Gasteiger partial charge < -0.3 is 9.80 Å². The lowest BCUT2D eigenvalue weighted by Crippen LogP contribution is -2.32. The fraction of sp³-hybridized carbons (Fsp3) is 0.368. The average Bonchev–Trinajstić information content (AvgIpc) is 3.40. The van der Waals surface area contributed by atoms with Gasteiger partial charge in [0.15, 0.2) is 5.65 Å². The van der Waals surface area contributed by atoms with Crippen LogP contribution < -0.4 is 0 Å². The molecule has 4 heterocycles. The number of likely N-dealkylation sites (tertiary alicyclic amines) is 1. The van der Waals surface area contributed by atoms with Crippen molar-refractivity contribution in [3.05, 3.63) is 52.1 Å². The van der Waals surface area contributed by atoms with E-state index in [1.165, 1.54) is 4.90 Å². The molecule has 1 saturated heterocycles. The molecule has 0 aliphatic carbocycles. The van der Waals surface area contributed by atoms with E-state index in [9.17, 15) is 9.59 Å². The number of rotatable bonds is 4. The molecular formula is C19H21N5O2S. The first-order valence-corrected chi connectivity index (χ1v) is 9.80. The summed E-state index contributed by atoms with van der Waals surface area (Å²) in [7, 11) is 3.41. The first-order chi connectivity index (χ1) is 13.1. The summed E-state index contributed by atoms with van der Waals surface area (Å²) in [4.78, 5) is 34.1. The normalized spacial score (nSPS) is 16.8. The molecule has 0 N–H and O–H groups in total. The molecule has 3 aromatic rings. The molecule has 0 saturated carbocycles. The number of hydrogen-bond donors (Lipinski definition) is 0. The summed E-state index contributed by atoms with van der Waals surface area (Å²) in [5.41, 5.74) is 1.90. The Kier molecular flexibility index (Phi) is 4.65. The summed E-state index contributed by atoms with van der Waals surface area (Å²) in [5, 5.41) is 6.40. The zero-order valence-corrected chi connectivity index (χ0v) is 16.1. The zero-order chi connectivity index (χ0) is 19.0. The molecule has 27 heavy (non-hydrogen) atoms. The van der Waals surface area contributed by atoms with E-state index < -0.39 is 0 Å². The predicted molar refractivity (Wildman–Crippen MR) is 103 cm³/mol. The number of hydrogen-bond acceptors (Lipinski definition) is 5. The van der Waals surface area contributed by atoms with E-state index in [1.54, 1.807) is 42.3 Å². The Morgan fingerprint density at radius 1 is 1.33 bits per heavy atom.